The lowest BCUT2D eigenvalue weighted by Gasteiger charge is -2.14. The molecule has 1 aromatic carbocycles. The van der Waals surface area contributed by atoms with Gasteiger partial charge in [-0.1, -0.05) is 25.1 Å². The monoisotopic (exact) mass is 287 g/mol. The number of methoxy groups -OCH3 is 1. The third kappa shape index (κ3) is 3.85. The normalized spacial score (nSPS) is 12.4. The lowest BCUT2D eigenvalue weighted by atomic mass is 10.0. The molecule has 0 fully saturated rings. The highest BCUT2D eigenvalue weighted by molar-refractivity contribution is 5.34. The topological polar surface area (TPSA) is 53.1 Å². The minimum Gasteiger partial charge on any atom is -0.496 e. The molecule has 4 heteroatoms. The van der Waals surface area contributed by atoms with Crippen LogP contribution in [0.5, 0.6) is 5.75 Å². The van der Waals surface area contributed by atoms with Crippen molar-refractivity contribution in [3.8, 4) is 5.75 Å². The van der Waals surface area contributed by atoms with Crippen LogP contribution in [0.4, 0.5) is 0 Å². The Bertz CT molecular complexity index is 577. The zero-order valence-electron chi connectivity index (χ0n) is 13.2. The number of rotatable bonds is 7. The molecule has 4 nitrogen and oxygen atoms in total. The van der Waals surface area contributed by atoms with Gasteiger partial charge in [-0.3, -0.25) is 4.68 Å². The van der Waals surface area contributed by atoms with Gasteiger partial charge >= 0.3 is 0 Å². The van der Waals surface area contributed by atoms with Crippen molar-refractivity contribution >= 4 is 0 Å². The maximum atomic E-state index is 6.34. The third-order valence-corrected chi connectivity index (χ3v) is 3.72. The van der Waals surface area contributed by atoms with Crippen molar-refractivity contribution in [2.75, 3.05) is 7.11 Å². The van der Waals surface area contributed by atoms with E-state index in [1.165, 1.54) is 5.69 Å². The van der Waals surface area contributed by atoms with Gasteiger partial charge in [0.2, 0.25) is 0 Å². The zero-order valence-corrected chi connectivity index (χ0v) is 13.2. The standard InChI is InChI=1S/C17H25N3O/c1-4-15-12-16(20(5-2)19-15)11-14(18)10-13-8-6-7-9-17(13)21-3/h6-9,12,14H,4-5,10-11,18H2,1-3H3. The van der Waals surface area contributed by atoms with Gasteiger partial charge in [-0.25, -0.2) is 0 Å². The van der Waals surface area contributed by atoms with Crippen LogP contribution in [0, 0.1) is 0 Å². The SMILES string of the molecule is CCc1cc(CC(N)Cc2ccccc2OC)n(CC)n1. The smallest absolute Gasteiger partial charge is 0.122 e. The maximum absolute atomic E-state index is 6.34. The van der Waals surface area contributed by atoms with E-state index in [0.29, 0.717) is 0 Å². The lowest BCUT2D eigenvalue weighted by Crippen LogP contribution is -2.27. The van der Waals surface area contributed by atoms with Crippen molar-refractivity contribution < 1.29 is 4.74 Å². The Morgan fingerprint density at radius 1 is 1.24 bits per heavy atom. The predicted octanol–water partition coefficient (Wildman–Crippen LogP) is 2.59. The Morgan fingerprint density at radius 3 is 2.67 bits per heavy atom. The molecule has 1 aromatic heterocycles. The summed E-state index contributed by atoms with van der Waals surface area (Å²) in [6.45, 7) is 5.12. The third-order valence-electron chi connectivity index (χ3n) is 3.72. The lowest BCUT2D eigenvalue weighted by molar-refractivity contribution is 0.407. The van der Waals surface area contributed by atoms with Gasteiger partial charge in [0, 0.05) is 24.7 Å². The minimum atomic E-state index is 0.0630. The highest BCUT2D eigenvalue weighted by Gasteiger charge is 2.13. The summed E-state index contributed by atoms with van der Waals surface area (Å²) in [5.74, 6) is 0.909. The van der Waals surface area contributed by atoms with Gasteiger partial charge < -0.3 is 10.5 Å². The van der Waals surface area contributed by atoms with Crippen LogP contribution in [0.3, 0.4) is 0 Å². The van der Waals surface area contributed by atoms with Gasteiger partial charge in [-0.05, 0) is 37.5 Å². The van der Waals surface area contributed by atoms with E-state index in [4.69, 9.17) is 10.5 Å². The molecule has 0 bridgehead atoms. The van der Waals surface area contributed by atoms with E-state index < -0.39 is 0 Å². The van der Waals surface area contributed by atoms with Gasteiger partial charge in [0.05, 0.1) is 12.8 Å². The average molecular weight is 287 g/mol. The molecule has 0 saturated carbocycles. The number of aromatic nitrogens is 2. The average Bonchev–Trinajstić information content (AvgIpc) is 2.89. The van der Waals surface area contributed by atoms with E-state index in [0.717, 1.165) is 42.8 Å². The van der Waals surface area contributed by atoms with Gasteiger partial charge in [0.15, 0.2) is 0 Å². The van der Waals surface area contributed by atoms with Crippen LogP contribution in [0.25, 0.3) is 0 Å². The van der Waals surface area contributed by atoms with E-state index in [1.807, 2.05) is 18.2 Å². The van der Waals surface area contributed by atoms with Crippen molar-refractivity contribution in [3.05, 3.63) is 47.3 Å². The van der Waals surface area contributed by atoms with Crippen LogP contribution in [0.2, 0.25) is 0 Å². The Hall–Kier alpha value is -1.81. The maximum Gasteiger partial charge on any atom is 0.122 e. The molecular formula is C17H25N3O. The van der Waals surface area contributed by atoms with Gasteiger partial charge in [0.25, 0.3) is 0 Å². The first-order valence-corrected chi connectivity index (χ1v) is 7.61. The molecule has 2 rings (SSSR count). The van der Waals surface area contributed by atoms with Gasteiger partial charge in [-0.2, -0.15) is 5.10 Å². The summed E-state index contributed by atoms with van der Waals surface area (Å²) < 4.78 is 7.45. The summed E-state index contributed by atoms with van der Waals surface area (Å²) in [7, 11) is 1.70. The highest BCUT2D eigenvalue weighted by atomic mass is 16.5. The fourth-order valence-electron chi connectivity index (χ4n) is 2.62. The second-order valence-electron chi connectivity index (χ2n) is 5.28. The number of hydrogen-bond donors (Lipinski definition) is 1. The predicted molar refractivity (Wildman–Crippen MR) is 85.7 cm³/mol. The van der Waals surface area contributed by atoms with E-state index in [-0.39, 0.29) is 6.04 Å². The van der Waals surface area contributed by atoms with Crippen LogP contribution >= 0.6 is 0 Å². The second kappa shape index (κ2) is 7.27. The fourth-order valence-corrected chi connectivity index (χ4v) is 2.62. The van der Waals surface area contributed by atoms with E-state index in [9.17, 15) is 0 Å². The number of para-hydroxylation sites is 1. The minimum absolute atomic E-state index is 0.0630. The molecule has 0 aliphatic heterocycles. The fraction of sp³-hybridized carbons (Fsp3) is 0.471. The number of benzene rings is 1. The molecule has 21 heavy (non-hydrogen) atoms. The van der Waals surface area contributed by atoms with Gasteiger partial charge in [-0.15, -0.1) is 0 Å². The quantitative estimate of drug-likeness (QED) is 0.851. The van der Waals surface area contributed by atoms with Gasteiger partial charge in [0.1, 0.15) is 5.75 Å². The summed E-state index contributed by atoms with van der Waals surface area (Å²) in [6, 6.07) is 10.3. The number of hydrogen-bond acceptors (Lipinski definition) is 3. The molecule has 2 N–H and O–H groups in total. The van der Waals surface area contributed by atoms with E-state index in [2.05, 4.69) is 35.8 Å². The molecule has 0 spiro atoms. The van der Waals surface area contributed by atoms with Crippen molar-refractivity contribution in [1.29, 1.82) is 0 Å². The molecule has 114 valence electrons. The van der Waals surface area contributed by atoms with Crippen LogP contribution < -0.4 is 10.5 Å². The first kappa shape index (κ1) is 15.6. The molecule has 1 atom stereocenters. The molecular weight excluding hydrogens is 262 g/mol. The zero-order chi connectivity index (χ0) is 15.2. The Morgan fingerprint density at radius 2 is 2.00 bits per heavy atom. The Balaban J connectivity index is 2.07. The number of aryl methyl sites for hydroxylation is 2. The Kier molecular flexibility index (Phi) is 5.39. The number of nitrogens with zero attached hydrogens (tertiary/aromatic N) is 2. The number of ether oxygens (including phenoxy) is 1. The molecule has 1 heterocycles. The molecule has 1 unspecified atom stereocenters. The number of nitrogens with two attached hydrogens (primary N) is 1. The van der Waals surface area contributed by atoms with Crippen molar-refractivity contribution in [3.63, 3.8) is 0 Å². The van der Waals surface area contributed by atoms with Crippen LogP contribution in [-0.4, -0.2) is 22.9 Å². The van der Waals surface area contributed by atoms with Crippen LogP contribution in [0.1, 0.15) is 30.8 Å². The molecule has 2 aromatic rings. The summed E-state index contributed by atoms with van der Waals surface area (Å²) in [4.78, 5) is 0. The largest absolute Gasteiger partial charge is 0.496 e. The summed E-state index contributed by atoms with van der Waals surface area (Å²) in [6.07, 6.45) is 2.60. The Labute approximate surface area is 126 Å². The van der Waals surface area contributed by atoms with Crippen molar-refractivity contribution in [2.24, 2.45) is 5.73 Å². The molecule has 0 amide bonds. The van der Waals surface area contributed by atoms with E-state index >= 15 is 0 Å². The molecule has 0 aliphatic carbocycles. The summed E-state index contributed by atoms with van der Waals surface area (Å²) in [5, 5.41) is 4.58. The first-order valence-electron chi connectivity index (χ1n) is 7.61. The summed E-state index contributed by atoms with van der Waals surface area (Å²) in [5.41, 5.74) is 9.85. The first-order chi connectivity index (χ1) is 10.2. The van der Waals surface area contributed by atoms with E-state index in [1.54, 1.807) is 7.11 Å². The molecule has 0 saturated heterocycles. The second-order valence-corrected chi connectivity index (χ2v) is 5.28. The highest BCUT2D eigenvalue weighted by Crippen LogP contribution is 2.19. The molecule has 0 radical (unpaired) electrons. The molecule has 0 aliphatic rings. The van der Waals surface area contributed by atoms with Crippen molar-refractivity contribution in [1.82, 2.24) is 9.78 Å². The summed E-state index contributed by atoms with van der Waals surface area (Å²) >= 11 is 0. The van der Waals surface area contributed by atoms with Crippen LogP contribution in [0.15, 0.2) is 30.3 Å². The van der Waals surface area contributed by atoms with Crippen molar-refractivity contribution in [2.45, 2.75) is 45.7 Å². The van der Waals surface area contributed by atoms with Crippen LogP contribution in [-0.2, 0) is 25.8 Å².